The van der Waals surface area contributed by atoms with Crippen molar-refractivity contribution in [2.45, 2.75) is 46.7 Å². The van der Waals surface area contributed by atoms with E-state index in [9.17, 15) is 4.21 Å². The van der Waals surface area contributed by atoms with Gasteiger partial charge in [-0.25, -0.2) is 4.98 Å². The summed E-state index contributed by atoms with van der Waals surface area (Å²) in [5, 5.41) is 3.41. The van der Waals surface area contributed by atoms with Gasteiger partial charge in [-0.05, 0) is 26.2 Å². The third-order valence-electron chi connectivity index (χ3n) is 2.67. The van der Waals surface area contributed by atoms with Crippen LogP contribution in [0.3, 0.4) is 0 Å². The molecule has 0 radical (unpaired) electrons. The van der Waals surface area contributed by atoms with E-state index in [1.807, 2.05) is 6.92 Å². The first-order valence-electron chi connectivity index (χ1n) is 6.48. The van der Waals surface area contributed by atoms with Gasteiger partial charge in [-0.15, -0.1) is 0 Å². The number of hydrogen-bond donors (Lipinski definition) is 1. The Morgan fingerprint density at radius 1 is 1.44 bits per heavy atom. The van der Waals surface area contributed by atoms with Gasteiger partial charge in [0, 0.05) is 41.6 Å². The SMILES string of the molecule is Cc1cn(CC(C)C)c(NC(C)CCS(C)=O)n1. The molecule has 0 spiro atoms. The van der Waals surface area contributed by atoms with E-state index in [4.69, 9.17) is 0 Å². The molecule has 18 heavy (non-hydrogen) atoms. The predicted octanol–water partition coefficient (Wildman–Crippen LogP) is 2.42. The molecule has 0 fully saturated rings. The molecule has 0 saturated carbocycles. The second kappa shape index (κ2) is 6.92. The highest BCUT2D eigenvalue weighted by molar-refractivity contribution is 7.84. The van der Waals surface area contributed by atoms with Crippen molar-refractivity contribution in [1.29, 1.82) is 0 Å². The lowest BCUT2D eigenvalue weighted by molar-refractivity contribution is 0.523. The number of aryl methyl sites for hydroxylation is 1. The first kappa shape index (κ1) is 15.2. The fourth-order valence-corrected chi connectivity index (χ4v) is 2.52. The summed E-state index contributed by atoms with van der Waals surface area (Å²) in [6.07, 6.45) is 4.72. The van der Waals surface area contributed by atoms with Gasteiger partial charge < -0.3 is 9.88 Å². The molecule has 5 heteroatoms. The van der Waals surface area contributed by atoms with Gasteiger partial charge in [0.15, 0.2) is 0 Å². The lowest BCUT2D eigenvalue weighted by atomic mass is 10.2. The van der Waals surface area contributed by atoms with E-state index < -0.39 is 10.8 Å². The topological polar surface area (TPSA) is 46.9 Å². The summed E-state index contributed by atoms with van der Waals surface area (Å²) in [7, 11) is -0.721. The Labute approximate surface area is 113 Å². The van der Waals surface area contributed by atoms with Crippen molar-refractivity contribution in [3.8, 4) is 0 Å². The molecule has 1 rings (SSSR count). The van der Waals surface area contributed by atoms with Crippen LogP contribution in [-0.4, -0.2) is 31.8 Å². The molecule has 0 aliphatic heterocycles. The van der Waals surface area contributed by atoms with E-state index in [-0.39, 0.29) is 0 Å². The number of anilines is 1. The number of aromatic nitrogens is 2. The smallest absolute Gasteiger partial charge is 0.203 e. The molecule has 0 saturated heterocycles. The number of hydrogen-bond acceptors (Lipinski definition) is 3. The van der Waals surface area contributed by atoms with Crippen LogP contribution in [0.5, 0.6) is 0 Å². The zero-order chi connectivity index (χ0) is 13.7. The van der Waals surface area contributed by atoms with E-state index in [0.717, 1.165) is 30.4 Å². The summed E-state index contributed by atoms with van der Waals surface area (Å²) in [5.41, 5.74) is 1.03. The van der Waals surface area contributed by atoms with Gasteiger partial charge in [0.1, 0.15) is 0 Å². The van der Waals surface area contributed by atoms with Gasteiger partial charge in [0.25, 0.3) is 0 Å². The van der Waals surface area contributed by atoms with Crippen molar-refractivity contribution < 1.29 is 4.21 Å². The Morgan fingerprint density at radius 3 is 2.67 bits per heavy atom. The van der Waals surface area contributed by atoms with Crippen LogP contribution >= 0.6 is 0 Å². The first-order chi connectivity index (χ1) is 8.38. The molecular formula is C13H25N3OS. The van der Waals surface area contributed by atoms with Crippen molar-refractivity contribution in [2.75, 3.05) is 17.3 Å². The van der Waals surface area contributed by atoms with Crippen LogP contribution in [0.4, 0.5) is 5.95 Å². The summed E-state index contributed by atoms with van der Waals surface area (Å²) in [6.45, 7) is 9.48. The molecule has 1 aromatic heterocycles. The molecule has 0 bridgehead atoms. The molecule has 0 amide bonds. The number of nitrogens with one attached hydrogen (secondary N) is 1. The highest BCUT2D eigenvalue weighted by Crippen LogP contribution is 2.13. The Balaban J connectivity index is 2.62. The van der Waals surface area contributed by atoms with Crippen LogP contribution in [0.2, 0.25) is 0 Å². The van der Waals surface area contributed by atoms with Gasteiger partial charge in [-0.3, -0.25) is 4.21 Å². The second-order valence-electron chi connectivity index (χ2n) is 5.36. The van der Waals surface area contributed by atoms with E-state index in [0.29, 0.717) is 12.0 Å². The minimum absolute atomic E-state index is 0.293. The lowest BCUT2D eigenvalue weighted by Crippen LogP contribution is -2.21. The van der Waals surface area contributed by atoms with Gasteiger partial charge >= 0.3 is 0 Å². The molecule has 1 heterocycles. The maximum atomic E-state index is 11.1. The minimum atomic E-state index is -0.721. The zero-order valence-corrected chi connectivity index (χ0v) is 12.9. The minimum Gasteiger partial charge on any atom is -0.353 e. The third kappa shape index (κ3) is 5.21. The monoisotopic (exact) mass is 271 g/mol. The number of rotatable bonds is 7. The highest BCUT2D eigenvalue weighted by atomic mass is 32.2. The summed E-state index contributed by atoms with van der Waals surface area (Å²) in [4.78, 5) is 4.51. The van der Waals surface area contributed by atoms with Crippen LogP contribution in [0.25, 0.3) is 0 Å². The summed E-state index contributed by atoms with van der Waals surface area (Å²) in [5.74, 6) is 2.26. The van der Waals surface area contributed by atoms with Crippen molar-refractivity contribution in [2.24, 2.45) is 5.92 Å². The van der Waals surface area contributed by atoms with Gasteiger partial charge in [0.05, 0.1) is 5.69 Å². The van der Waals surface area contributed by atoms with Gasteiger partial charge in [-0.2, -0.15) is 0 Å². The molecule has 2 unspecified atom stereocenters. The average Bonchev–Trinajstić information content (AvgIpc) is 2.55. The maximum Gasteiger partial charge on any atom is 0.203 e. The van der Waals surface area contributed by atoms with Crippen molar-refractivity contribution in [3.05, 3.63) is 11.9 Å². The molecule has 1 aromatic rings. The van der Waals surface area contributed by atoms with Gasteiger partial charge in [-0.1, -0.05) is 13.8 Å². The Hall–Kier alpha value is -0.840. The van der Waals surface area contributed by atoms with Crippen LogP contribution in [0, 0.1) is 12.8 Å². The summed E-state index contributed by atoms with van der Waals surface area (Å²) < 4.78 is 13.2. The maximum absolute atomic E-state index is 11.1. The fourth-order valence-electron chi connectivity index (χ4n) is 1.83. The second-order valence-corrected chi connectivity index (χ2v) is 6.92. The fraction of sp³-hybridized carbons (Fsp3) is 0.769. The standard InChI is InChI=1S/C13H25N3OS/c1-10(2)8-16-9-12(4)15-13(16)14-11(3)6-7-18(5)17/h9-11H,6-8H2,1-5H3,(H,14,15). The normalized spacial score (nSPS) is 14.8. The van der Waals surface area contributed by atoms with E-state index >= 15 is 0 Å². The van der Waals surface area contributed by atoms with Crippen molar-refractivity contribution in [1.82, 2.24) is 9.55 Å². The van der Waals surface area contributed by atoms with E-state index in [2.05, 4.69) is 41.8 Å². The van der Waals surface area contributed by atoms with Gasteiger partial charge in [0.2, 0.25) is 5.95 Å². The lowest BCUT2D eigenvalue weighted by Gasteiger charge is -2.16. The van der Waals surface area contributed by atoms with Crippen LogP contribution in [-0.2, 0) is 17.3 Å². The van der Waals surface area contributed by atoms with E-state index in [1.165, 1.54) is 0 Å². The zero-order valence-electron chi connectivity index (χ0n) is 12.1. The quantitative estimate of drug-likeness (QED) is 0.828. The molecule has 2 atom stereocenters. The van der Waals surface area contributed by atoms with Crippen LogP contribution < -0.4 is 5.32 Å². The average molecular weight is 271 g/mol. The van der Waals surface area contributed by atoms with Crippen LogP contribution in [0.1, 0.15) is 32.9 Å². The number of nitrogens with zero attached hydrogens (tertiary/aromatic N) is 2. The number of imidazole rings is 1. The molecule has 0 aliphatic carbocycles. The molecule has 0 aliphatic rings. The highest BCUT2D eigenvalue weighted by Gasteiger charge is 2.10. The van der Waals surface area contributed by atoms with E-state index in [1.54, 1.807) is 6.26 Å². The Morgan fingerprint density at radius 2 is 2.11 bits per heavy atom. The van der Waals surface area contributed by atoms with Crippen LogP contribution in [0.15, 0.2) is 6.20 Å². The third-order valence-corrected chi connectivity index (χ3v) is 3.48. The molecule has 1 N–H and O–H groups in total. The Bertz CT molecular complexity index is 401. The molecular weight excluding hydrogens is 246 g/mol. The van der Waals surface area contributed by atoms with Crippen molar-refractivity contribution >= 4 is 16.7 Å². The molecule has 0 aromatic carbocycles. The molecule has 4 nitrogen and oxygen atoms in total. The predicted molar refractivity (Wildman–Crippen MR) is 78.4 cm³/mol. The largest absolute Gasteiger partial charge is 0.353 e. The van der Waals surface area contributed by atoms with Crippen molar-refractivity contribution in [3.63, 3.8) is 0 Å². The molecule has 104 valence electrons. The summed E-state index contributed by atoms with van der Waals surface area (Å²) >= 11 is 0. The summed E-state index contributed by atoms with van der Waals surface area (Å²) in [6, 6.07) is 0.293. The Kier molecular flexibility index (Phi) is 5.85. The first-order valence-corrected chi connectivity index (χ1v) is 8.21.